The third-order valence-corrected chi connectivity index (χ3v) is 4.10. The molecule has 0 aliphatic carbocycles. The maximum absolute atomic E-state index is 12.1. The topological polar surface area (TPSA) is 57.1 Å². The molecule has 0 aromatic heterocycles. The van der Waals surface area contributed by atoms with Gasteiger partial charge in [-0.15, -0.1) is 0 Å². The molecular weight excluding hydrogens is 330 g/mol. The van der Waals surface area contributed by atoms with E-state index in [0.29, 0.717) is 29.4 Å². The Morgan fingerprint density at radius 3 is 2.65 bits per heavy atom. The molecule has 0 unspecified atom stereocenters. The number of ether oxygens (including phenoxy) is 3. The summed E-state index contributed by atoms with van der Waals surface area (Å²) in [6.45, 7) is 2.05. The van der Waals surface area contributed by atoms with Gasteiger partial charge in [0.25, 0.3) is 0 Å². The highest BCUT2D eigenvalue weighted by Crippen LogP contribution is 2.28. The van der Waals surface area contributed by atoms with E-state index in [1.165, 1.54) is 11.1 Å². The summed E-state index contributed by atoms with van der Waals surface area (Å²) in [7, 11) is 3.16. The van der Waals surface area contributed by atoms with E-state index in [1.54, 1.807) is 38.5 Å². The van der Waals surface area contributed by atoms with Crippen LogP contribution in [0.15, 0.2) is 53.2 Å². The maximum atomic E-state index is 12.1. The number of aliphatic imine (C=N–C) groups is 1. The lowest BCUT2D eigenvalue weighted by molar-refractivity contribution is -0.130. The van der Waals surface area contributed by atoms with Crippen molar-refractivity contribution in [3.05, 3.63) is 64.9 Å². The van der Waals surface area contributed by atoms with Gasteiger partial charge < -0.3 is 14.2 Å². The van der Waals surface area contributed by atoms with Gasteiger partial charge in [-0.05, 0) is 43.2 Å². The van der Waals surface area contributed by atoms with Gasteiger partial charge in [0.2, 0.25) is 0 Å². The van der Waals surface area contributed by atoms with E-state index in [4.69, 9.17) is 14.2 Å². The fraction of sp³-hybridized carbons (Fsp3) is 0.238. The van der Waals surface area contributed by atoms with E-state index in [2.05, 4.69) is 30.1 Å². The van der Waals surface area contributed by atoms with Gasteiger partial charge in [0.05, 0.1) is 14.2 Å². The molecule has 0 amide bonds. The first-order valence-electron chi connectivity index (χ1n) is 8.38. The third kappa shape index (κ3) is 4.11. The molecule has 0 saturated heterocycles. The maximum Gasteiger partial charge on any atom is 0.363 e. The Balaban J connectivity index is 1.78. The lowest BCUT2D eigenvalue weighted by atomic mass is 10.1. The van der Waals surface area contributed by atoms with Gasteiger partial charge in [-0.25, -0.2) is 9.79 Å². The summed E-state index contributed by atoms with van der Waals surface area (Å²) in [6, 6.07) is 13.6. The van der Waals surface area contributed by atoms with Crippen molar-refractivity contribution in [1.29, 1.82) is 0 Å². The average Bonchev–Trinajstić information content (AvgIpc) is 2.99. The van der Waals surface area contributed by atoms with Crippen LogP contribution in [0.1, 0.15) is 23.1 Å². The molecule has 0 radical (unpaired) electrons. The second-order valence-corrected chi connectivity index (χ2v) is 6.02. The Morgan fingerprint density at radius 2 is 1.92 bits per heavy atom. The van der Waals surface area contributed by atoms with Gasteiger partial charge in [-0.3, -0.25) is 0 Å². The molecule has 5 heteroatoms. The minimum atomic E-state index is -0.450. The van der Waals surface area contributed by atoms with Crippen LogP contribution < -0.4 is 9.47 Å². The number of methoxy groups -OCH3 is 2. The van der Waals surface area contributed by atoms with E-state index < -0.39 is 5.97 Å². The molecule has 0 bridgehead atoms. The highest BCUT2D eigenvalue weighted by Gasteiger charge is 2.23. The Morgan fingerprint density at radius 1 is 1.08 bits per heavy atom. The second kappa shape index (κ2) is 7.87. The molecule has 0 N–H and O–H groups in total. The fourth-order valence-electron chi connectivity index (χ4n) is 2.78. The normalized spacial score (nSPS) is 15.0. The number of nitrogens with zero attached hydrogens (tertiary/aromatic N) is 1. The van der Waals surface area contributed by atoms with E-state index in [-0.39, 0.29) is 5.70 Å². The van der Waals surface area contributed by atoms with E-state index >= 15 is 0 Å². The smallest absolute Gasteiger partial charge is 0.363 e. The SMILES string of the molecule is COc1ccc(OC)c(/C=C2\N=C(CCc3cccc(C)c3)OC2=O)c1. The van der Waals surface area contributed by atoms with Crippen LogP contribution in [0.2, 0.25) is 0 Å². The molecule has 0 saturated carbocycles. The fourth-order valence-corrected chi connectivity index (χ4v) is 2.78. The Labute approximate surface area is 152 Å². The van der Waals surface area contributed by atoms with Crippen molar-refractivity contribution in [1.82, 2.24) is 0 Å². The molecular formula is C21H21NO4. The van der Waals surface area contributed by atoms with Crippen LogP contribution in [-0.2, 0) is 16.0 Å². The molecule has 26 heavy (non-hydrogen) atoms. The van der Waals surface area contributed by atoms with Crippen molar-refractivity contribution in [2.24, 2.45) is 4.99 Å². The molecule has 1 aliphatic heterocycles. The van der Waals surface area contributed by atoms with Gasteiger partial charge in [0, 0.05) is 12.0 Å². The van der Waals surface area contributed by atoms with E-state index in [0.717, 1.165) is 6.42 Å². The molecule has 2 aromatic carbocycles. The summed E-state index contributed by atoms with van der Waals surface area (Å²) in [5, 5.41) is 0. The van der Waals surface area contributed by atoms with Gasteiger partial charge in [-0.1, -0.05) is 29.8 Å². The number of aryl methyl sites for hydroxylation is 2. The van der Waals surface area contributed by atoms with Crippen molar-refractivity contribution in [3.8, 4) is 11.5 Å². The lowest BCUT2D eigenvalue weighted by Crippen LogP contribution is -2.05. The molecule has 2 aromatic rings. The molecule has 3 rings (SSSR count). The summed E-state index contributed by atoms with van der Waals surface area (Å²) in [4.78, 5) is 16.5. The predicted octanol–water partition coefficient (Wildman–Crippen LogP) is 3.94. The summed E-state index contributed by atoms with van der Waals surface area (Å²) >= 11 is 0. The predicted molar refractivity (Wildman–Crippen MR) is 101 cm³/mol. The molecule has 0 spiro atoms. The highest BCUT2D eigenvalue weighted by atomic mass is 16.6. The number of benzene rings is 2. The molecule has 1 aliphatic rings. The number of hydrogen-bond donors (Lipinski definition) is 0. The van der Waals surface area contributed by atoms with Crippen LogP contribution in [0.25, 0.3) is 6.08 Å². The van der Waals surface area contributed by atoms with Gasteiger partial charge >= 0.3 is 5.97 Å². The molecule has 1 heterocycles. The number of rotatable bonds is 6. The molecule has 0 fully saturated rings. The number of hydrogen-bond acceptors (Lipinski definition) is 5. The van der Waals surface area contributed by atoms with E-state index in [1.807, 2.05) is 6.07 Å². The molecule has 0 atom stereocenters. The van der Waals surface area contributed by atoms with Crippen LogP contribution >= 0.6 is 0 Å². The van der Waals surface area contributed by atoms with Crippen LogP contribution in [-0.4, -0.2) is 26.1 Å². The molecule has 134 valence electrons. The van der Waals surface area contributed by atoms with Crippen molar-refractivity contribution in [3.63, 3.8) is 0 Å². The van der Waals surface area contributed by atoms with Crippen molar-refractivity contribution < 1.29 is 19.0 Å². The van der Waals surface area contributed by atoms with Gasteiger partial charge in [0.1, 0.15) is 11.5 Å². The molecule has 5 nitrogen and oxygen atoms in total. The quantitative estimate of drug-likeness (QED) is 0.584. The first-order valence-corrected chi connectivity index (χ1v) is 8.38. The highest BCUT2D eigenvalue weighted by molar-refractivity contribution is 6.07. The Hall–Kier alpha value is -3.08. The average molecular weight is 351 g/mol. The second-order valence-electron chi connectivity index (χ2n) is 6.02. The first-order chi connectivity index (χ1) is 12.6. The van der Waals surface area contributed by atoms with Crippen molar-refractivity contribution >= 4 is 17.9 Å². The van der Waals surface area contributed by atoms with Crippen LogP contribution in [0.5, 0.6) is 11.5 Å². The van der Waals surface area contributed by atoms with Crippen LogP contribution in [0, 0.1) is 6.92 Å². The standard InChI is InChI=1S/C21H21NO4/c1-14-5-4-6-15(11-14)7-10-20-22-18(21(23)26-20)13-16-12-17(24-2)8-9-19(16)25-3/h4-6,8-9,11-13H,7,10H2,1-3H3/b18-13-. The zero-order valence-electron chi connectivity index (χ0n) is 15.1. The van der Waals surface area contributed by atoms with E-state index in [9.17, 15) is 4.79 Å². The number of cyclic esters (lactones) is 1. The largest absolute Gasteiger partial charge is 0.497 e. The first kappa shape index (κ1) is 17.7. The zero-order chi connectivity index (χ0) is 18.5. The van der Waals surface area contributed by atoms with Gasteiger partial charge in [-0.2, -0.15) is 0 Å². The number of esters is 1. The third-order valence-electron chi connectivity index (χ3n) is 4.10. The van der Waals surface area contributed by atoms with Crippen LogP contribution in [0.3, 0.4) is 0 Å². The summed E-state index contributed by atoms with van der Waals surface area (Å²) in [5.74, 6) is 1.29. The summed E-state index contributed by atoms with van der Waals surface area (Å²) < 4.78 is 15.9. The monoisotopic (exact) mass is 351 g/mol. The van der Waals surface area contributed by atoms with Gasteiger partial charge in [0.15, 0.2) is 11.6 Å². The Bertz CT molecular complexity index is 883. The lowest BCUT2D eigenvalue weighted by Gasteiger charge is -2.07. The summed E-state index contributed by atoms with van der Waals surface area (Å²) in [6.07, 6.45) is 2.99. The van der Waals surface area contributed by atoms with Crippen LogP contribution in [0.4, 0.5) is 0 Å². The number of carbonyl (C=O) groups is 1. The number of carbonyl (C=O) groups excluding carboxylic acids is 1. The summed E-state index contributed by atoms with van der Waals surface area (Å²) in [5.41, 5.74) is 3.37. The van der Waals surface area contributed by atoms with Crippen molar-refractivity contribution in [2.75, 3.05) is 14.2 Å². The Kier molecular flexibility index (Phi) is 5.37. The minimum Gasteiger partial charge on any atom is -0.497 e. The van der Waals surface area contributed by atoms with Crippen molar-refractivity contribution in [2.45, 2.75) is 19.8 Å². The minimum absolute atomic E-state index is 0.260. The zero-order valence-corrected chi connectivity index (χ0v) is 15.1.